The number of carbonyl (C=O) groups excluding carboxylic acids is 1. The molecule has 13 heavy (non-hydrogen) atoms. The van der Waals surface area contributed by atoms with E-state index in [1.165, 1.54) is 6.07 Å². The topological polar surface area (TPSA) is 83.6 Å². The molecular weight excluding hydrogens is 170 g/mol. The molecule has 70 valence electrons. The Morgan fingerprint density at radius 3 is 2.31 bits per heavy atom. The van der Waals surface area contributed by atoms with Gasteiger partial charge in [-0.05, 0) is 31.0 Å². The van der Waals surface area contributed by atoms with Gasteiger partial charge in [0.15, 0.2) is 11.5 Å². The highest BCUT2D eigenvalue weighted by atomic mass is 16.3. The fourth-order valence-corrected chi connectivity index (χ4v) is 1.07. The van der Waals surface area contributed by atoms with Crippen LogP contribution in [0.5, 0.6) is 11.5 Å². The Balaban J connectivity index is 3.50. The second-order valence-electron chi connectivity index (χ2n) is 2.93. The Morgan fingerprint density at radius 2 is 1.85 bits per heavy atom. The van der Waals surface area contributed by atoms with Crippen LogP contribution < -0.4 is 5.73 Å². The Hall–Kier alpha value is -1.71. The van der Waals surface area contributed by atoms with Crippen LogP contribution in [0.1, 0.15) is 21.5 Å². The first-order valence-corrected chi connectivity index (χ1v) is 3.77. The van der Waals surface area contributed by atoms with Gasteiger partial charge >= 0.3 is 0 Å². The molecule has 0 unspecified atom stereocenters. The average Bonchev–Trinajstić information content (AvgIpc) is 2.07. The summed E-state index contributed by atoms with van der Waals surface area (Å²) in [5.74, 6) is -1.49. The van der Waals surface area contributed by atoms with Crippen LogP contribution in [0, 0.1) is 13.8 Å². The molecular formula is C9H11NO3. The number of benzene rings is 1. The molecule has 0 atom stereocenters. The van der Waals surface area contributed by atoms with Crippen molar-refractivity contribution in [2.45, 2.75) is 13.8 Å². The normalized spacial score (nSPS) is 10.0. The summed E-state index contributed by atoms with van der Waals surface area (Å²) in [6.07, 6.45) is 0. The lowest BCUT2D eigenvalue weighted by atomic mass is 10.0. The zero-order valence-electron chi connectivity index (χ0n) is 7.46. The second kappa shape index (κ2) is 2.97. The number of primary amides is 1. The zero-order chi connectivity index (χ0) is 10.2. The summed E-state index contributed by atoms with van der Waals surface area (Å²) >= 11 is 0. The van der Waals surface area contributed by atoms with Crippen molar-refractivity contribution < 1.29 is 15.0 Å². The molecule has 4 nitrogen and oxygen atoms in total. The lowest BCUT2D eigenvalue weighted by molar-refractivity contribution is 0.0997. The minimum Gasteiger partial charge on any atom is -0.504 e. The molecule has 0 bridgehead atoms. The number of carbonyl (C=O) groups is 1. The van der Waals surface area contributed by atoms with Gasteiger partial charge in [-0.25, -0.2) is 0 Å². The van der Waals surface area contributed by atoms with E-state index in [1.807, 2.05) is 0 Å². The number of hydrogen-bond acceptors (Lipinski definition) is 3. The number of amides is 1. The predicted molar refractivity (Wildman–Crippen MR) is 47.8 cm³/mol. The Labute approximate surface area is 75.6 Å². The number of aromatic hydroxyl groups is 2. The van der Waals surface area contributed by atoms with Gasteiger partial charge in [-0.1, -0.05) is 0 Å². The molecule has 1 aromatic rings. The maximum Gasteiger partial charge on any atom is 0.252 e. The van der Waals surface area contributed by atoms with Crippen LogP contribution in [-0.2, 0) is 0 Å². The Morgan fingerprint density at radius 1 is 1.31 bits per heavy atom. The molecule has 0 aliphatic rings. The molecule has 0 saturated heterocycles. The van der Waals surface area contributed by atoms with Gasteiger partial charge in [-0.2, -0.15) is 0 Å². The van der Waals surface area contributed by atoms with Gasteiger partial charge in [0.2, 0.25) is 0 Å². The van der Waals surface area contributed by atoms with Crippen LogP contribution in [-0.4, -0.2) is 16.1 Å². The van der Waals surface area contributed by atoms with Crippen LogP contribution in [0.15, 0.2) is 6.07 Å². The van der Waals surface area contributed by atoms with E-state index in [9.17, 15) is 15.0 Å². The molecule has 1 aromatic carbocycles. The van der Waals surface area contributed by atoms with Crippen molar-refractivity contribution in [2.24, 2.45) is 5.73 Å². The van der Waals surface area contributed by atoms with E-state index in [2.05, 4.69) is 0 Å². The summed E-state index contributed by atoms with van der Waals surface area (Å²) in [5, 5.41) is 18.7. The molecule has 1 rings (SSSR count). The fraction of sp³-hybridized carbons (Fsp3) is 0.222. The molecule has 0 spiro atoms. The van der Waals surface area contributed by atoms with Crippen LogP contribution in [0.3, 0.4) is 0 Å². The third-order valence-corrected chi connectivity index (χ3v) is 2.05. The highest BCUT2D eigenvalue weighted by molar-refractivity contribution is 5.96. The molecule has 0 fully saturated rings. The number of nitrogens with two attached hydrogens (primary N) is 1. The maximum absolute atomic E-state index is 10.8. The molecule has 0 radical (unpaired) electrons. The minimum atomic E-state index is -0.754. The highest BCUT2D eigenvalue weighted by Gasteiger charge is 2.15. The van der Waals surface area contributed by atoms with Crippen molar-refractivity contribution in [2.75, 3.05) is 0 Å². The maximum atomic E-state index is 10.8. The third-order valence-electron chi connectivity index (χ3n) is 2.05. The average molecular weight is 181 g/mol. The second-order valence-corrected chi connectivity index (χ2v) is 2.93. The van der Waals surface area contributed by atoms with E-state index in [-0.39, 0.29) is 11.3 Å². The summed E-state index contributed by atoms with van der Waals surface area (Å²) in [6.45, 7) is 3.37. The summed E-state index contributed by atoms with van der Waals surface area (Å²) in [6, 6.07) is 1.45. The molecule has 0 aromatic heterocycles. The molecule has 4 N–H and O–H groups in total. The van der Waals surface area contributed by atoms with Crippen molar-refractivity contribution in [1.29, 1.82) is 0 Å². The Bertz CT molecular complexity index is 372. The van der Waals surface area contributed by atoms with E-state index in [1.54, 1.807) is 13.8 Å². The fourth-order valence-electron chi connectivity index (χ4n) is 1.07. The summed E-state index contributed by atoms with van der Waals surface area (Å²) in [7, 11) is 0. The summed E-state index contributed by atoms with van der Waals surface area (Å²) < 4.78 is 0. The van der Waals surface area contributed by atoms with Crippen molar-refractivity contribution in [3.63, 3.8) is 0 Å². The first-order chi connectivity index (χ1) is 5.95. The van der Waals surface area contributed by atoms with E-state index < -0.39 is 11.7 Å². The van der Waals surface area contributed by atoms with Crippen molar-refractivity contribution >= 4 is 5.91 Å². The quantitative estimate of drug-likeness (QED) is 0.560. The van der Waals surface area contributed by atoms with Gasteiger partial charge in [-0.15, -0.1) is 0 Å². The zero-order valence-corrected chi connectivity index (χ0v) is 7.46. The van der Waals surface area contributed by atoms with Crippen molar-refractivity contribution in [3.05, 3.63) is 22.8 Å². The summed E-state index contributed by atoms with van der Waals surface area (Å²) in [5.41, 5.74) is 6.19. The van der Waals surface area contributed by atoms with E-state index in [0.29, 0.717) is 11.1 Å². The van der Waals surface area contributed by atoms with Gasteiger partial charge in [0.25, 0.3) is 5.91 Å². The smallest absolute Gasteiger partial charge is 0.252 e. The van der Waals surface area contributed by atoms with Gasteiger partial charge in [-0.3, -0.25) is 4.79 Å². The molecule has 0 saturated carbocycles. The third kappa shape index (κ3) is 1.42. The van der Waals surface area contributed by atoms with E-state index in [0.717, 1.165) is 0 Å². The van der Waals surface area contributed by atoms with Crippen LogP contribution in [0.25, 0.3) is 0 Å². The number of hydrogen-bond donors (Lipinski definition) is 3. The van der Waals surface area contributed by atoms with Gasteiger partial charge in [0.05, 0.1) is 5.56 Å². The predicted octanol–water partition coefficient (Wildman–Crippen LogP) is 0.814. The first-order valence-electron chi connectivity index (χ1n) is 3.77. The van der Waals surface area contributed by atoms with E-state index in [4.69, 9.17) is 5.73 Å². The lowest BCUT2D eigenvalue weighted by Crippen LogP contribution is -2.11. The van der Waals surface area contributed by atoms with Crippen molar-refractivity contribution in [1.82, 2.24) is 0 Å². The SMILES string of the molecule is Cc1cc(C(N)=O)c(O)c(O)c1C. The first kappa shape index (κ1) is 9.38. The highest BCUT2D eigenvalue weighted by Crippen LogP contribution is 2.33. The molecule has 0 heterocycles. The van der Waals surface area contributed by atoms with Crippen LogP contribution in [0.2, 0.25) is 0 Å². The lowest BCUT2D eigenvalue weighted by Gasteiger charge is -2.08. The minimum absolute atomic E-state index is 0.0550. The van der Waals surface area contributed by atoms with Crippen molar-refractivity contribution in [3.8, 4) is 11.5 Å². The van der Waals surface area contributed by atoms with Gasteiger partial charge in [0.1, 0.15) is 0 Å². The number of rotatable bonds is 1. The molecule has 0 aliphatic heterocycles. The van der Waals surface area contributed by atoms with Crippen LogP contribution >= 0.6 is 0 Å². The van der Waals surface area contributed by atoms with Gasteiger partial charge < -0.3 is 15.9 Å². The number of aryl methyl sites for hydroxylation is 1. The standard InChI is InChI=1S/C9H11NO3/c1-4-3-6(9(10)13)8(12)7(11)5(4)2/h3,11-12H,1-2H3,(H2,10,13). The van der Waals surface area contributed by atoms with Gasteiger partial charge in [0, 0.05) is 0 Å². The number of phenols is 2. The molecule has 0 aliphatic carbocycles. The van der Waals surface area contributed by atoms with Crippen LogP contribution in [0.4, 0.5) is 0 Å². The molecule has 4 heteroatoms. The monoisotopic (exact) mass is 181 g/mol. The molecule has 1 amide bonds. The number of phenolic OH excluding ortho intramolecular Hbond substituents is 1. The summed E-state index contributed by atoms with van der Waals surface area (Å²) in [4.78, 5) is 10.8. The van der Waals surface area contributed by atoms with E-state index >= 15 is 0 Å². The largest absolute Gasteiger partial charge is 0.504 e. The Kier molecular flexibility index (Phi) is 2.14.